The molecule has 0 N–H and O–H groups in total. The highest BCUT2D eigenvalue weighted by atomic mass is 35.5. The molecule has 5 nitrogen and oxygen atoms in total. The van der Waals surface area contributed by atoms with Gasteiger partial charge in [-0.05, 0) is 65.4 Å². The van der Waals surface area contributed by atoms with Gasteiger partial charge in [-0.3, -0.25) is 4.79 Å². The summed E-state index contributed by atoms with van der Waals surface area (Å²) in [6.07, 6.45) is 0.700. The van der Waals surface area contributed by atoms with E-state index >= 15 is 0 Å². The molecule has 0 spiro atoms. The number of rotatable bonds is 7. The Morgan fingerprint density at radius 3 is 2.35 bits per heavy atom. The van der Waals surface area contributed by atoms with Crippen molar-refractivity contribution in [1.29, 1.82) is 0 Å². The molecule has 0 aliphatic carbocycles. The van der Waals surface area contributed by atoms with Gasteiger partial charge in [0.1, 0.15) is 12.4 Å². The fourth-order valence-electron chi connectivity index (χ4n) is 4.36. The van der Waals surface area contributed by atoms with E-state index in [0.717, 1.165) is 16.9 Å². The van der Waals surface area contributed by atoms with Crippen LogP contribution < -0.4 is 14.2 Å². The zero-order chi connectivity index (χ0) is 24.2. The van der Waals surface area contributed by atoms with Gasteiger partial charge in [-0.15, -0.1) is 0 Å². The van der Waals surface area contributed by atoms with Crippen molar-refractivity contribution < 1.29 is 19.0 Å². The van der Waals surface area contributed by atoms with E-state index in [2.05, 4.69) is 26.0 Å². The fourth-order valence-corrected chi connectivity index (χ4v) is 4.58. The zero-order valence-corrected chi connectivity index (χ0v) is 20.8. The number of amides is 1. The first-order chi connectivity index (χ1) is 16.4. The lowest BCUT2D eigenvalue weighted by atomic mass is 9.91. The molecule has 1 atom stereocenters. The molecule has 1 heterocycles. The van der Waals surface area contributed by atoms with Crippen LogP contribution in [0.1, 0.15) is 52.9 Å². The number of hydrogen-bond acceptors (Lipinski definition) is 4. The number of carbonyl (C=O) groups is 1. The van der Waals surface area contributed by atoms with Crippen molar-refractivity contribution in [1.82, 2.24) is 4.90 Å². The van der Waals surface area contributed by atoms with E-state index < -0.39 is 0 Å². The number of methoxy groups -OCH3 is 2. The van der Waals surface area contributed by atoms with Crippen molar-refractivity contribution in [2.75, 3.05) is 27.4 Å². The normalized spacial score (nSPS) is 15.1. The van der Waals surface area contributed by atoms with Crippen molar-refractivity contribution >= 4 is 17.5 Å². The van der Waals surface area contributed by atoms with Crippen LogP contribution in [0.3, 0.4) is 0 Å². The first kappa shape index (κ1) is 24.0. The molecule has 1 aliphatic heterocycles. The molecule has 34 heavy (non-hydrogen) atoms. The number of halogens is 1. The van der Waals surface area contributed by atoms with Gasteiger partial charge in [0, 0.05) is 6.54 Å². The van der Waals surface area contributed by atoms with Gasteiger partial charge in [-0.2, -0.15) is 0 Å². The third-order valence-electron chi connectivity index (χ3n) is 6.32. The standard InChI is InChI=1S/C28H30ClNO4/c1-18(2)19-9-11-21(12-10-19)34-17-25-23-16-27(33-4)26(32-3)15-20(23)13-14-30(25)28(31)22-7-5-6-8-24(22)29/h5-12,15-16,18,25H,13-14,17H2,1-4H3. The van der Waals surface area contributed by atoms with Crippen molar-refractivity contribution in [2.24, 2.45) is 0 Å². The molecule has 1 unspecified atom stereocenters. The van der Waals surface area contributed by atoms with Crippen LogP contribution in [0.15, 0.2) is 60.7 Å². The summed E-state index contributed by atoms with van der Waals surface area (Å²) in [5.74, 6) is 2.40. The third kappa shape index (κ3) is 4.85. The number of carbonyl (C=O) groups excluding carboxylic acids is 1. The Labute approximate surface area is 206 Å². The zero-order valence-electron chi connectivity index (χ0n) is 20.0. The third-order valence-corrected chi connectivity index (χ3v) is 6.65. The molecule has 0 saturated heterocycles. The SMILES string of the molecule is COc1cc2c(cc1OC)C(COc1ccc(C(C)C)cc1)N(C(=O)c1ccccc1Cl)CC2. The minimum absolute atomic E-state index is 0.116. The Morgan fingerprint density at radius 2 is 1.71 bits per heavy atom. The van der Waals surface area contributed by atoms with E-state index in [-0.39, 0.29) is 11.9 Å². The summed E-state index contributed by atoms with van der Waals surface area (Å²) in [5, 5.41) is 0.439. The molecular weight excluding hydrogens is 450 g/mol. The smallest absolute Gasteiger partial charge is 0.256 e. The van der Waals surface area contributed by atoms with Gasteiger partial charge >= 0.3 is 0 Å². The molecule has 0 saturated carbocycles. The highest BCUT2D eigenvalue weighted by Crippen LogP contribution is 2.39. The van der Waals surface area contributed by atoms with Crippen LogP contribution in [0.2, 0.25) is 5.02 Å². The summed E-state index contributed by atoms with van der Waals surface area (Å²) < 4.78 is 17.3. The molecule has 3 aromatic rings. The number of fused-ring (bicyclic) bond motifs is 1. The predicted molar refractivity (Wildman–Crippen MR) is 135 cm³/mol. The molecule has 0 radical (unpaired) electrons. The Balaban J connectivity index is 1.69. The van der Waals surface area contributed by atoms with Gasteiger partial charge in [0.05, 0.1) is 30.8 Å². The maximum atomic E-state index is 13.6. The van der Waals surface area contributed by atoms with Crippen molar-refractivity contribution in [2.45, 2.75) is 32.2 Å². The van der Waals surface area contributed by atoms with Crippen molar-refractivity contribution in [3.8, 4) is 17.2 Å². The monoisotopic (exact) mass is 479 g/mol. The molecule has 3 aromatic carbocycles. The van der Waals surface area contributed by atoms with E-state index in [9.17, 15) is 4.79 Å². The second-order valence-corrected chi connectivity index (χ2v) is 9.09. The van der Waals surface area contributed by atoms with Crippen LogP contribution >= 0.6 is 11.6 Å². The average Bonchev–Trinajstić information content (AvgIpc) is 2.86. The first-order valence-electron chi connectivity index (χ1n) is 11.5. The summed E-state index contributed by atoms with van der Waals surface area (Å²) in [5.41, 5.74) is 3.84. The van der Waals surface area contributed by atoms with E-state index in [4.69, 9.17) is 25.8 Å². The first-order valence-corrected chi connectivity index (χ1v) is 11.8. The van der Waals surface area contributed by atoms with Crippen LogP contribution in [0.5, 0.6) is 17.2 Å². The Hall–Kier alpha value is -3.18. The topological polar surface area (TPSA) is 48.0 Å². The minimum Gasteiger partial charge on any atom is -0.493 e. The van der Waals surface area contributed by atoms with E-state index in [1.165, 1.54) is 5.56 Å². The molecular formula is C28H30ClNO4. The van der Waals surface area contributed by atoms with Gasteiger partial charge in [-0.25, -0.2) is 0 Å². The van der Waals surface area contributed by atoms with Crippen molar-refractivity contribution in [3.63, 3.8) is 0 Å². The summed E-state index contributed by atoms with van der Waals surface area (Å²) in [7, 11) is 3.24. The lowest BCUT2D eigenvalue weighted by Crippen LogP contribution is -2.42. The van der Waals surface area contributed by atoms with Crippen LogP contribution in [0.4, 0.5) is 0 Å². The molecule has 178 valence electrons. The van der Waals surface area contributed by atoms with Crippen LogP contribution in [0.25, 0.3) is 0 Å². The summed E-state index contributed by atoms with van der Waals surface area (Å²) in [6.45, 7) is 5.18. The summed E-state index contributed by atoms with van der Waals surface area (Å²) >= 11 is 6.37. The molecule has 0 bridgehead atoms. The summed E-state index contributed by atoms with van der Waals surface area (Å²) in [4.78, 5) is 15.4. The van der Waals surface area contributed by atoms with Crippen LogP contribution in [0, 0.1) is 0 Å². The number of nitrogens with zero attached hydrogens (tertiary/aromatic N) is 1. The Kier molecular flexibility index (Phi) is 7.32. The molecule has 0 fully saturated rings. The number of ether oxygens (including phenoxy) is 3. The van der Waals surface area contributed by atoms with Gasteiger partial charge in [0.25, 0.3) is 5.91 Å². The number of benzene rings is 3. The van der Waals surface area contributed by atoms with Gasteiger partial charge in [0.2, 0.25) is 0 Å². The molecule has 0 aromatic heterocycles. The molecule has 4 rings (SSSR count). The Bertz CT molecular complexity index is 1160. The lowest BCUT2D eigenvalue weighted by molar-refractivity contribution is 0.0589. The largest absolute Gasteiger partial charge is 0.493 e. The Morgan fingerprint density at radius 1 is 1.03 bits per heavy atom. The molecule has 6 heteroatoms. The highest BCUT2D eigenvalue weighted by molar-refractivity contribution is 6.33. The quantitative estimate of drug-likeness (QED) is 0.399. The average molecular weight is 480 g/mol. The fraction of sp³-hybridized carbons (Fsp3) is 0.321. The predicted octanol–water partition coefficient (Wildman–Crippen LogP) is 6.30. The highest BCUT2D eigenvalue weighted by Gasteiger charge is 2.34. The van der Waals surface area contributed by atoms with E-state index in [1.54, 1.807) is 26.4 Å². The molecule has 1 amide bonds. The number of hydrogen-bond donors (Lipinski definition) is 0. The van der Waals surface area contributed by atoms with Crippen LogP contribution in [-0.2, 0) is 6.42 Å². The van der Waals surface area contributed by atoms with E-state index in [0.29, 0.717) is 47.6 Å². The lowest BCUT2D eigenvalue weighted by Gasteiger charge is -2.38. The van der Waals surface area contributed by atoms with Crippen molar-refractivity contribution in [3.05, 3.63) is 87.9 Å². The van der Waals surface area contributed by atoms with Gasteiger partial charge in [-0.1, -0.05) is 49.7 Å². The second-order valence-electron chi connectivity index (χ2n) is 8.68. The molecule has 1 aliphatic rings. The summed E-state index contributed by atoms with van der Waals surface area (Å²) in [6, 6.07) is 18.9. The second kappa shape index (κ2) is 10.4. The van der Waals surface area contributed by atoms with Crippen LogP contribution in [-0.4, -0.2) is 38.2 Å². The minimum atomic E-state index is -0.308. The van der Waals surface area contributed by atoms with E-state index in [1.807, 2.05) is 41.3 Å². The maximum absolute atomic E-state index is 13.6. The maximum Gasteiger partial charge on any atom is 0.256 e. The van der Waals surface area contributed by atoms with Gasteiger partial charge < -0.3 is 19.1 Å². The van der Waals surface area contributed by atoms with Gasteiger partial charge in [0.15, 0.2) is 11.5 Å².